The maximum absolute atomic E-state index is 11.8. The first-order valence-corrected chi connectivity index (χ1v) is 5.66. The molecular formula is C12H23NO2. The van der Waals surface area contributed by atoms with Crippen molar-refractivity contribution in [3.05, 3.63) is 0 Å². The summed E-state index contributed by atoms with van der Waals surface area (Å²) in [5.74, 6) is 0.130. The summed E-state index contributed by atoms with van der Waals surface area (Å²) < 4.78 is 5.61. The fourth-order valence-electron chi connectivity index (χ4n) is 1.76. The molecule has 0 aromatic heterocycles. The molecule has 1 aliphatic heterocycles. The molecule has 0 spiro atoms. The molecule has 1 fully saturated rings. The Morgan fingerprint density at radius 1 is 1.40 bits per heavy atom. The molecule has 15 heavy (non-hydrogen) atoms. The molecule has 1 amide bonds. The lowest BCUT2D eigenvalue weighted by molar-refractivity contribution is -0.131. The highest BCUT2D eigenvalue weighted by Crippen LogP contribution is 2.24. The molecular weight excluding hydrogens is 190 g/mol. The first kappa shape index (κ1) is 12.5. The van der Waals surface area contributed by atoms with Crippen molar-refractivity contribution in [3.8, 4) is 0 Å². The van der Waals surface area contributed by atoms with E-state index < -0.39 is 0 Å². The minimum atomic E-state index is -0.303. The summed E-state index contributed by atoms with van der Waals surface area (Å²) in [6.45, 7) is 10.7. The van der Waals surface area contributed by atoms with Crippen molar-refractivity contribution in [2.75, 3.05) is 6.61 Å². The number of amides is 1. The maximum atomic E-state index is 11.8. The van der Waals surface area contributed by atoms with Gasteiger partial charge < -0.3 is 10.1 Å². The van der Waals surface area contributed by atoms with Crippen molar-refractivity contribution in [2.24, 2.45) is 5.41 Å². The van der Waals surface area contributed by atoms with Crippen LogP contribution in [0.5, 0.6) is 0 Å². The van der Waals surface area contributed by atoms with Crippen molar-refractivity contribution < 1.29 is 9.53 Å². The van der Waals surface area contributed by atoms with Crippen molar-refractivity contribution in [2.45, 2.75) is 59.1 Å². The predicted octanol–water partition coefficient (Wildman–Crippen LogP) is 2.11. The molecule has 0 radical (unpaired) electrons. The largest absolute Gasteiger partial charge is 0.375 e. The number of ether oxygens (including phenoxy) is 1. The molecule has 0 saturated carbocycles. The van der Waals surface area contributed by atoms with Crippen LogP contribution >= 0.6 is 0 Å². The second-order valence-corrected chi connectivity index (χ2v) is 6.02. The van der Waals surface area contributed by atoms with Crippen LogP contribution in [0.2, 0.25) is 0 Å². The number of nitrogens with one attached hydrogen (secondary N) is 1. The van der Waals surface area contributed by atoms with Crippen molar-refractivity contribution in [1.29, 1.82) is 0 Å². The van der Waals surface area contributed by atoms with Gasteiger partial charge in [0.15, 0.2) is 0 Å². The van der Waals surface area contributed by atoms with Gasteiger partial charge >= 0.3 is 0 Å². The highest BCUT2D eigenvalue weighted by molar-refractivity contribution is 5.81. The predicted molar refractivity (Wildman–Crippen MR) is 60.7 cm³/mol. The summed E-state index contributed by atoms with van der Waals surface area (Å²) in [5.41, 5.74) is -0.406. The fraction of sp³-hybridized carbons (Fsp3) is 0.917. The van der Waals surface area contributed by atoms with Crippen LogP contribution in [-0.4, -0.2) is 24.2 Å². The molecule has 0 aliphatic carbocycles. The van der Waals surface area contributed by atoms with Crippen LogP contribution in [0.4, 0.5) is 0 Å². The zero-order valence-corrected chi connectivity index (χ0v) is 10.5. The van der Waals surface area contributed by atoms with Gasteiger partial charge in [0.2, 0.25) is 5.91 Å². The lowest BCUT2D eigenvalue weighted by Gasteiger charge is -2.36. The average Bonchev–Trinajstić information content (AvgIpc) is 2.00. The van der Waals surface area contributed by atoms with Gasteiger partial charge in [0.1, 0.15) is 0 Å². The third-order valence-corrected chi connectivity index (χ3v) is 2.71. The molecule has 0 aromatic carbocycles. The van der Waals surface area contributed by atoms with Gasteiger partial charge in [-0.15, -0.1) is 0 Å². The Hall–Kier alpha value is -0.570. The zero-order chi connectivity index (χ0) is 11.7. The monoisotopic (exact) mass is 213 g/mol. The van der Waals surface area contributed by atoms with Crippen LogP contribution in [0.15, 0.2) is 0 Å². The molecule has 1 atom stereocenters. The summed E-state index contributed by atoms with van der Waals surface area (Å²) in [7, 11) is 0. The van der Waals surface area contributed by atoms with E-state index in [9.17, 15) is 4.79 Å². The summed E-state index contributed by atoms with van der Waals surface area (Å²) in [6.07, 6.45) is 1.82. The van der Waals surface area contributed by atoms with Gasteiger partial charge in [-0.2, -0.15) is 0 Å². The van der Waals surface area contributed by atoms with E-state index >= 15 is 0 Å². The molecule has 3 nitrogen and oxygen atoms in total. The van der Waals surface area contributed by atoms with Crippen LogP contribution in [0.3, 0.4) is 0 Å². The Labute approximate surface area is 92.6 Å². The smallest absolute Gasteiger partial charge is 0.225 e. The summed E-state index contributed by atoms with van der Waals surface area (Å²) in [4.78, 5) is 11.8. The molecule has 88 valence electrons. The molecule has 0 aromatic rings. The summed E-state index contributed by atoms with van der Waals surface area (Å²) in [5, 5.41) is 3.10. The van der Waals surface area contributed by atoms with E-state index in [1.165, 1.54) is 0 Å². The zero-order valence-electron chi connectivity index (χ0n) is 10.5. The minimum absolute atomic E-state index is 0.103. The lowest BCUT2D eigenvalue weighted by Crippen LogP contribution is -2.48. The number of carbonyl (C=O) groups excluding carboxylic acids is 1. The highest BCUT2D eigenvalue weighted by atomic mass is 16.5. The molecule has 0 bridgehead atoms. The van der Waals surface area contributed by atoms with E-state index in [1.54, 1.807) is 0 Å². The van der Waals surface area contributed by atoms with E-state index in [2.05, 4.69) is 19.2 Å². The minimum Gasteiger partial charge on any atom is -0.375 e. The van der Waals surface area contributed by atoms with Gasteiger partial charge in [-0.05, 0) is 26.7 Å². The van der Waals surface area contributed by atoms with E-state index in [1.807, 2.05) is 20.8 Å². The third kappa shape index (κ3) is 3.82. The van der Waals surface area contributed by atoms with Crippen molar-refractivity contribution >= 4 is 5.91 Å². The number of carbonyl (C=O) groups is 1. The van der Waals surface area contributed by atoms with Crippen molar-refractivity contribution in [3.63, 3.8) is 0 Å². The SMILES string of the molecule is CC1(C)CC(NC(=O)C(C)(C)C)CCO1. The van der Waals surface area contributed by atoms with E-state index in [-0.39, 0.29) is 23.0 Å². The topological polar surface area (TPSA) is 38.3 Å². The molecule has 1 saturated heterocycles. The molecule has 3 heteroatoms. The van der Waals surface area contributed by atoms with Crippen molar-refractivity contribution in [1.82, 2.24) is 5.32 Å². The Kier molecular flexibility index (Phi) is 3.44. The fourth-order valence-corrected chi connectivity index (χ4v) is 1.76. The number of rotatable bonds is 1. The van der Waals surface area contributed by atoms with Crippen LogP contribution in [0, 0.1) is 5.41 Å². The summed E-state index contributed by atoms with van der Waals surface area (Å²) >= 11 is 0. The first-order chi connectivity index (χ1) is 6.71. The number of hydrogen-bond donors (Lipinski definition) is 1. The highest BCUT2D eigenvalue weighted by Gasteiger charge is 2.31. The number of hydrogen-bond acceptors (Lipinski definition) is 2. The van der Waals surface area contributed by atoms with E-state index in [0.29, 0.717) is 0 Å². The van der Waals surface area contributed by atoms with Gasteiger partial charge in [0.05, 0.1) is 5.60 Å². The molecule has 1 heterocycles. The third-order valence-electron chi connectivity index (χ3n) is 2.71. The normalized spacial score (nSPS) is 26.1. The quantitative estimate of drug-likeness (QED) is 0.724. The maximum Gasteiger partial charge on any atom is 0.225 e. The Morgan fingerprint density at radius 2 is 2.00 bits per heavy atom. The van der Waals surface area contributed by atoms with Gasteiger partial charge in [0.25, 0.3) is 0 Å². The summed E-state index contributed by atoms with van der Waals surface area (Å²) in [6, 6.07) is 0.264. The van der Waals surface area contributed by atoms with Gasteiger partial charge in [0, 0.05) is 18.1 Å². The lowest BCUT2D eigenvalue weighted by atomic mass is 9.91. The van der Waals surface area contributed by atoms with Crippen LogP contribution in [-0.2, 0) is 9.53 Å². The van der Waals surface area contributed by atoms with Crippen LogP contribution in [0.1, 0.15) is 47.5 Å². The molecule has 1 unspecified atom stereocenters. The van der Waals surface area contributed by atoms with Crippen LogP contribution < -0.4 is 5.32 Å². The second-order valence-electron chi connectivity index (χ2n) is 6.02. The van der Waals surface area contributed by atoms with Gasteiger partial charge in [-0.3, -0.25) is 4.79 Å². The second kappa shape index (κ2) is 4.12. The Balaban J connectivity index is 2.49. The van der Waals surface area contributed by atoms with Crippen LogP contribution in [0.25, 0.3) is 0 Å². The average molecular weight is 213 g/mol. The van der Waals surface area contributed by atoms with Gasteiger partial charge in [-0.1, -0.05) is 20.8 Å². The van der Waals surface area contributed by atoms with E-state index in [4.69, 9.17) is 4.74 Å². The van der Waals surface area contributed by atoms with Gasteiger partial charge in [-0.25, -0.2) is 0 Å². The molecule has 1 N–H and O–H groups in total. The Bertz CT molecular complexity index is 240. The first-order valence-electron chi connectivity index (χ1n) is 5.66. The Morgan fingerprint density at radius 3 is 2.47 bits per heavy atom. The molecule has 1 rings (SSSR count). The molecule has 1 aliphatic rings. The van der Waals surface area contributed by atoms with E-state index in [0.717, 1.165) is 19.4 Å². The standard InChI is InChI=1S/C12H23NO2/c1-11(2,3)10(14)13-9-6-7-15-12(4,5)8-9/h9H,6-8H2,1-5H3,(H,13,14).